The van der Waals surface area contributed by atoms with E-state index in [0.717, 1.165) is 0 Å². The predicted octanol–water partition coefficient (Wildman–Crippen LogP) is 1.20. The van der Waals surface area contributed by atoms with Crippen LogP contribution in [0.5, 0.6) is 5.75 Å². The highest BCUT2D eigenvalue weighted by Crippen LogP contribution is 2.31. The topological polar surface area (TPSA) is 79.4 Å². The number of nitrogens with zero attached hydrogens (tertiary/aromatic N) is 1. The van der Waals surface area contributed by atoms with Crippen molar-refractivity contribution >= 4 is 41.5 Å². The minimum Gasteiger partial charge on any atom is -0.506 e. The molecule has 4 nitrogen and oxygen atoms in total. The Bertz CT molecular complexity index is 638. The Kier molecular flexibility index (Phi) is 2.91. The van der Waals surface area contributed by atoms with E-state index in [1.165, 1.54) is 0 Å². The summed E-state index contributed by atoms with van der Waals surface area (Å²) < 4.78 is 0. The predicted molar refractivity (Wildman–Crippen MR) is 73.5 cm³/mol. The third-order valence-corrected chi connectivity index (χ3v) is 2.99. The van der Waals surface area contributed by atoms with E-state index in [1.807, 2.05) is 0 Å². The number of hydrogen-bond donors (Lipinski definition) is 3. The van der Waals surface area contributed by atoms with E-state index < -0.39 is 5.60 Å². The van der Waals surface area contributed by atoms with E-state index in [9.17, 15) is 10.2 Å². The molecule has 0 saturated carbocycles. The Labute approximate surface area is 111 Å². The maximum absolute atomic E-state index is 9.96. The van der Waals surface area contributed by atoms with E-state index in [0.29, 0.717) is 11.1 Å². The van der Waals surface area contributed by atoms with Crippen molar-refractivity contribution in [2.45, 2.75) is 19.4 Å². The second kappa shape index (κ2) is 4.04. The molecule has 0 unspecified atom stereocenters. The van der Waals surface area contributed by atoms with Crippen molar-refractivity contribution in [2.75, 3.05) is 5.73 Å². The molecule has 0 atom stereocenters. The third kappa shape index (κ3) is 2.00. The molecule has 92 valence electrons. The molecule has 2 radical (unpaired) electrons. The molecule has 2 rings (SSSR count). The first-order chi connectivity index (χ1) is 8.21. The molecule has 0 bridgehead atoms. The Morgan fingerprint density at radius 2 is 2.00 bits per heavy atom. The van der Waals surface area contributed by atoms with Gasteiger partial charge in [0.05, 0.1) is 11.4 Å². The van der Waals surface area contributed by atoms with Gasteiger partial charge in [-0.3, -0.25) is 0 Å². The summed E-state index contributed by atoms with van der Waals surface area (Å²) in [7, 11) is 5.63. The van der Waals surface area contributed by atoms with Gasteiger partial charge >= 0.3 is 0 Å². The average molecular weight is 263 g/mol. The van der Waals surface area contributed by atoms with E-state index in [4.69, 9.17) is 25.2 Å². The number of nitrogens with two attached hydrogens (primary N) is 1. The third-order valence-electron chi connectivity index (χ3n) is 2.68. The lowest BCUT2D eigenvalue weighted by Gasteiger charge is -2.20. The van der Waals surface area contributed by atoms with E-state index in [-0.39, 0.29) is 27.4 Å². The fourth-order valence-electron chi connectivity index (χ4n) is 1.79. The Morgan fingerprint density at radius 1 is 1.39 bits per heavy atom. The lowest BCUT2D eigenvalue weighted by Crippen LogP contribution is -2.20. The van der Waals surface area contributed by atoms with Gasteiger partial charge in [-0.15, -0.1) is 0 Å². The van der Waals surface area contributed by atoms with Crippen LogP contribution in [0, 0.1) is 0 Å². The molecule has 0 amide bonds. The lowest BCUT2D eigenvalue weighted by molar-refractivity contribution is 0.0750. The number of halogens is 1. The van der Waals surface area contributed by atoms with E-state index >= 15 is 0 Å². The number of pyridine rings is 1. The number of aromatic nitrogens is 1. The number of aliphatic hydroxyl groups is 1. The number of phenols is 1. The molecule has 1 heterocycles. The maximum Gasteiger partial charge on any atom is 0.136 e. The van der Waals surface area contributed by atoms with Crippen LogP contribution >= 0.6 is 11.6 Å². The van der Waals surface area contributed by atoms with Gasteiger partial charge in [0.1, 0.15) is 24.7 Å². The number of hydrogen-bond acceptors (Lipinski definition) is 4. The molecule has 0 saturated heterocycles. The molecular weight excluding hydrogens is 250 g/mol. The summed E-state index contributed by atoms with van der Waals surface area (Å²) in [5.41, 5.74) is 5.56. The molecule has 1 aromatic carbocycles. The molecule has 18 heavy (non-hydrogen) atoms. The largest absolute Gasteiger partial charge is 0.506 e. The molecular formula is C12H12BClN2O2. The zero-order valence-electron chi connectivity index (χ0n) is 10.0. The summed E-state index contributed by atoms with van der Waals surface area (Å²) in [6.07, 6.45) is 0. The van der Waals surface area contributed by atoms with Crippen molar-refractivity contribution < 1.29 is 10.2 Å². The van der Waals surface area contributed by atoms with Gasteiger partial charge in [-0.05, 0) is 31.4 Å². The molecule has 0 fully saturated rings. The number of fused-ring (bicyclic) bond motifs is 1. The van der Waals surface area contributed by atoms with Crippen LogP contribution in [0.1, 0.15) is 19.5 Å². The lowest BCUT2D eigenvalue weighted by atomic mass is 9.92. The number of nitrogen functional groups attached to an aromatic ring is 1. The maximum atomic E-state index is 9.96. The van der Waals surface area contributed by atoms with Gasteiger partial charge in [-0.2, -0.15) is 0 Å². The fourth-order valence-corrected chi connectivity index (χ4v) is 2.00. The molecule has 2 aromatic rings. The smallest absolute Gasteiger partial charge is 0.136 e. The van der Waals surface area contributed by atoms with Crippen LogP contribution in [0.4, 0.5) is 5.69 Å². The minimum absolute atomic E-state index is 0.0585. The molecule has 0 aliphatic carbocycles. The summed E-state index contributed by atoms with van der Waals surface area (Å²) in [6.45, 7) is 3.13. The normalized spacial score (nSPS) is 12.0. The zero-order valence-corrected chi connectivity index (χ0v) is 10.8. The summed E-state index contributed by atoms with van der Waals surface area (Å²) >= 11 is 5.87. The molecule has 6 heteroatoms. The van der Waals surface area contributed by atoms with Crippen molar-refractivity contribution in [3.63, 3.8) is 0 Å². The van der Waals surface area contributed by atoms with Crippen molar-refractivity contribution in [3.05, 3.63) is 22.8 Å². The Hall–Kier alpha value is -1.46. The van der Waals surface area contributed by atoms with Crippen LogP contribution in [0.3, 0.4) is 0 Å². The number of benzene rings is 1. The highest BCUT2D eigenvalue weighted by atomic mass is 35.5. The summed E-state index contributed by atoms with van der Waals surface area (Å²) in [5.74, 6) is -0.206. The van der Waals surface area contributed by atoms with Crippen LogP contribution in [0.2, 0.25) is 5.02 Å². The minimum atomic E-state index is -1.21. The summed E-state index contributed by atoms with van der Waals surface area (Å²) in [6, 6.07) is 3.17. The first-order valence-electron chi connectivity index (χ1n) is 5.32. The number of anilines is 1. The van der Waals surface area contributed by atoms with Gasteiger partial charge in [0.2, 0.25) is 0 Å². The summed E-state index contributed by atoms with van der Waals surface area (Å²) in [4.78, 5) is 4.18. The van der Waals surface area contributed by atoms with Crippen molar-refractivity contribution in [1.82, 2.24) is 4.98 Å². The van der Waals surface area contributed by atoms with Gasteiger partial charge in [0.15, 0.2) is 0 Å². The number of aromatic hydroxyl groups is 1. The summed E-state index contributed by atoms with van der Waals surface area (Å²) in [5, 5.41) is 20.7. The highest BCUT2D eigenvalue weighted by molar-refractivity contribution is 6.47. The zero-order chi connectivity index (χ0) is 13.7. The van der Waals surface area contributed by atoms with E-state index in [2.05, 4.69) is 4.98 Å². The molecule has 4 N–H and O–H groups in total. The van der Waals surface area contributed by atoms with Crippen LogP contribution in [-0.2, 0) is 5.60 Å². The van der Waals surface area contributed by atoms with E-state index in [1.54, 1.807) is 26.0 Å². The van der Waals surface area contributed by atoms with Gasteiger partial charge in [-0.25, -0.2) is 4.98 Å². The van der Waals surface area contributed by atoms with Crippen molar-refractivity contribution in [3.8, 4) is 5.75 Å². The monoisotopic (exact) mass is 262 g/mol. The van der Waals surface area contributed by atoms with Crippen molar-refractivity contribution in [1.29, 1.82) is 0 Å². The number of rotatable bonds is 1. The molecule has 0 aliphatic heterocycles. The average Bonchev–Trinajstić information content (AvgIpc) is 2.24. The fraction of sp³-hybridized carbons (Fsp3) is 0.250. The van der Waals surface area contributed by atoms with Crippen LogP contribution < -0.4 is 11.2 Å². The molecule has 1 aromatic heterocycles. The molecule has 0 spiro atoms. The highest BCUT2D eigenvalue weighted by Gasteiger charge is 2.23. The Balaban J connectivity index is 2.86. The second-order valence-electron chi connectivity index (χ2n) is 4.68. The first kappa shape index (κ1) is 13.0. The quantitative estimate of drug-likeness (QED) is 0.675. The van der Waals surface area contributed by atoms with Gasteiger partial charge < -0.3 is 15.9 Å². The van der Waals surface area contributed by atoms with Crippen LogP contribution in [0.15, 0.2) is 12.1 Å². The molecule has 0 aliphatic rings. The van der Waals surface area contributed by atoms with Gasteiger partial charge in [0, 0.05) is 10.4 Å². The van der Waals surface area contributed by atoms with Crippen molar-refractivity contribution in [2.24, 2.45) is 0 Å². The first-order valence-corrected chi connectivity index (χ1v) is 5.69. The Morgan fingerprint density at radius 3 is 2.56 bits per heavy atom. The standard InChI is InChI=1S/C12H12BClN2O2/c1-12(2,18)11-7(15)4-5-3-6(14)8(13)10(17)9(5)16-11/h3-4,17-18H,15H2,1-2H3. The van der Waals surface area contributed by atoms with Crippen LogP contribution in [-0.4, -0.2) is 23.0 Å². The van der Waals surface area contributed by atoms with Crippen LogP contribution in [0.25, 0.3) is 10.9 Å². The van der Waals surface area contributed by atoms with Gasteiger partial charge in [0.25, 0.3) is 0 Å². The van der Waals surface area contributed by atoms with Gasteiger partial charge in [-0.1, -0.05) is 11.6 Å². The SMILES string of the molecule is [B]c1c(Cl)cc2cc(N)c(C(C)(C)O)nc2c1O. The second-order valence-corrected chi connectivity index (χ2v) is 5.08. The number of phenolic OH excluding ortho intramolecular Hbond substituents is 1.